The first-order chi connectivity index (χ1) is 20.6. The monoisotopic (exact) mass is 609 g/mol. The number of rotatable bonds is 17. The van der Waals surface area contributed by atoms with Crippen LogP contribution in [0.4, 0.5) is 14.4 Å². The minimum atomic E-state index is -1.40. The lowest BCUT2D eigenvalue weighted by Crippen LogP contribution is -2.38. The van der Waals surface area contributed by atoms with Gasteiger partial charge in [0.15, 0.2) is 11.5 Å². The molecule has 1 aliphatic rings. The van der Waals surface area contributed by atoms with E-state index in [1.54, 1.807) is 6.92 Å². The van der Waals surface area contributed by atoms with E-state index in [2.05, 4.69) is 0 Å². The highest BCUT2D eigenvalue weighted by molar-refractivity contribution is 5.75. The van der Waals surface area contributed by atoms with E-state index in [0.29, 0.717) is 18.4 Å². The minimum absolute atomic E-state index is 0.0216. The molecular weight excluding hydrogens is 562 g/mol. The maximum absolute atomic E-state index is 12.4. The molecule has 0 aromatic heterocycles. The fraction of sp³-hybridized carbons (Fsp3) is 0.677. The summed E-state index contributed by atoms with van der Waals surface area (Å²) in [5, 5.41) is 9.73. The molecule has 0 heterocycles. The maximum Gasteiger partial charge on any atom is 0.513 e. The zero-order valence-corrected chi connectivity index (χ0v) is 25.5. The second-order valence-corrected chi connectivity index (χ2v) is 10.8. The Hall–Kier alpha value is -3.54. The van der Waals surface area contributed by atoms with Gasteiger partial charge in [0.2, 0.25) is 0 Å². The second-order valence-electron chi connectivity index (χ2n) is 10.8. The first-order valence-electron chi connectivity index (χ1n) is 15.3. The van der Waals surface area contributed by atoms with Crippen LogP contribution in [0.5, 0.6) is 11.5 Å². The van der Waals surface area contributed by atoms with Crippen molar-refractivity contribution in [3.8, 4) is 11.5 Å². The number of aliphatic carboxylic acids is 1. The van der Waals surface area contributed by atoms with Gasteiger partial charge in [0.05, 0.1) is 13.2 Å². The van der Waals surface area contributed by atoms with Crippen LogP contribution in [0.3, 0.4) is 0 Å². The van der Waals surface area contributed by atoms with Gasteiger partial charge in [-0.2, -0.15) is 0 Å². The zero-order chi connectivity index (χ0) is 31.6. The van der Waals surface area contributed by atoms with E-state index in [9.17, 15) is 24.3 Å². The Balaban J connectivity index is 2.22. The highest BCUT2D eigenvalue weighted by Crippen LogP contribution is 2.35. The molecule has 43 heavy (non-hydrogen) atoms. The highest BCUT2D eigenvalue weighted by Gasteiger charge is 2.31. The van der Waals surface area contributed by atoms with Crippen molar-refractivity contribution in [2.24, 2.45) is 5.73 Å². The molecule has 1 fully saturated rings. The van der Waals surface area contributed by atoms with E-state index in [1.807, 2.05) is 13.8 Å². The van der Waals surface area contributed by atoms with Gasteiger partial charge in [-0.1, -0.05) is 52.0 Å². The summed E-state index contributed by atoms with van der Waals surface area (Å²) in [5.74, 6) is -2.47. The second kappa shape index (κ2) is 19.6. The lowest BCUT2D eigenvalue weighted by Gasteiger charge is -2.26. The molecule has 0 radical (unpaired) electrons. The van der Waals surface area contributed by atoms with Crippen LogP contribution in [0.1, 0.15) is 109 Å². The summed E-state index contributed by atoms with van der Waals surface area (Å²) in [6.07, 6.45) is 5.82. The molecular formula is C31H47NO11. The average Bonchev–Trinajstić information content (AvgIpc) is 2.97. The lowest BCUT2D eigenvalue weighted by atomic mass is 9.87. The minimum Gasteiger partial charge on any atom is -0.480 e. The molecule has 1 aromatic carbocycles. The number of nitrogens with two attached hydrogens (primary N) is 1. The smallest absolute Gasteiger partial charge is 0.480 e. The van der Waals surface area contributed by atoms with Crippen molar-refractivity contribution in [2.45, 2.75) is 122 Å². The van der Waals surface area contributed by atoms with Gasteiger partial charge < -0.3 is 39.3 Å². The van der Waals surface area contributed by atoms with Gasteiger partial charge in [0.25, 0.3) is 0 Å². The Morgan fingerprint density at radius 3 is 2.00 bits per heavy atom. The van der Waals surface area contributed by atoms with Crippen LogP contribution in [-0.4, -0.2) is 61.0 Å². The fourth-order valence-electron chi connectivity index (χ4n) is 4.75. The summed E-state index contributed by atoms with van der Waals surface area (Å²) in [6.45, 7) is 5.95. The third-order valence-corrected chi connectivity index (χ3v) is 7.14. The summed E-state index contributed by atoms with van der Waals surface area (Å²) >= 11 is 0. The Morgan fingerprint density at radius 2 is 1.44 bits per heavy atom. The van der Waals surface area contributed by atoms with Crippen LogP contribution in [0.2, 0.25) is 0 Å². The lowest BCUT2D eigenvalue weighted by molar-refractivity contribution is -0.139. The number of carbonyl (C=O) groups excluding carboxylic acids is 3. The number of carbonyl (C=O) groups is 4. The molecule has 3 N–H and O–H groups in total. The third-order valence-electron chi connectivity index (χ3n) is 7.14. The molecule has 242 valence electrons. The zero-order valence-electron chi connectivity index (χ0n) is 25.5. The highest BCUT2D eigenvalue weighted by atomic mass is 16.7. The van der Waals surface area contributed by atoms with E-state index in [1.165, 1.54) is 18.2 Å². The summed E-state index contributed by atoms with van der Waals surface area (Å²) in [7, 11) is 0. The summed E-state index contributed by atoms with van der Waals surface area (Å²) in [5.41, 5.74) is 6.41. The standard InChI is InChI=1S/C31H47NO11/c1-4-6-11-17-38-29(35)42-25-16-15-22(20-26(25)43-30(36)39-18-12-7-5-2)24(27(32)28(33)34)19-21(3)40-31(37)41-23-13-9-8-10-14-23/h15-16,20-21,23-24,27H,4-14,17-19,32H2,1-3H3,(H,33,34)/t21?,24?,27-/m0/s1. The molecule has 1 saturated carbocycles. The van der Waals surface area contributed by atoms with Crippen molar-refractivity contribution in [1.82, 2.24) is 0 Å². The van der Waals surface area contributed by atoms with Crippen molar-refractivity contribution >= 4 is 24.4 Å². The van der Waals surface area contributed by atoms with Gasteiger partial charge >= 0.3 is 24.4 Å². The maximum atomic E-state index is 12.4. The quantitative estimate of drug-likeness (QED) is 0.0815. The number of benzene rings is 1. The molecule has 2 rings (SSSR count). The summed E-state index contributed by atoms with van der Waals surface area (Å²) in [6, 6.07) is 2.81. The molecule has 1 aliphatic carbocycles. The van der Waals surface area contributed by atoms with Crippen molar-refractivity contribution in [1.29, 1.82) is 0 Å². The topological polar surface area (TPSA) is 170 Å². The molecule has 0 amide bonds. The van der Waals surface area contributed by atoms with Crippen LogP contribution in [-0.2, 0) is 23.7 Å². The molecule has 0 spiro atoms. The van der Waals surface area contributed by atoms with Gasteiger partial charge in [-0.05, 0) is 69.6 Å². The normalized spacial score (nSPS) is 15.4. The van der Waals surface area contributed by atoms with Crippen molar-refractivity contribution < 1.29 is 52.7 Å². The van der Waals surface area contributed by atoms with Gasteiger partial charge in [0.1, 0.15) is 18.2 Å². The number of hydrogen-bond acceptors (Lipinski definition) is 11. The first-order valence-corrected chi connectivity index (χ1v) is 15.3. The van der Waals surface area contributed by atoms with Crippen LogP contribution >= 0.6 is 0 Å². The van der Waals surface area contributed by atoms with E-state index in [-0.39, 0.29) is 37.2 Å². The fourth-order valence-corrected chi connectivity index (χ4v) is 4.75. The van der Waals surface area contributed by atoms with Gasteiger partial charge in [-0.25, -0.2) is 14.4 Å². The predicted octanol–water partition coefficient (Wildman–Crippen LogP) is 6.86. The van der Waals surface area contributed by atoms with E-state index < -0.39 is 42.5 Å². The van der Waals surface area contributed by atoms with E-state index in [0.717, 1.165) is 57.8 Å². The Kier molecular flexibility index (Phi) is 16.3. The molecule has 3 atom stereocenters. The van der Waals surface area contributed by atoms with E-state index in [4.69, 9.17) is 34.2 Å². The van der Waals surface area contributed by atoms with Crippen LogP contribution < -0.4 is 15.2 Å². The average molecular weight is 610 g/mol. The van der Waals surface area contributed by atoms with Crippen molar-refractivity contribution in [2.75, 3.05) is 13.2 Å². The SMILES string of the molecule is CCCCCOC(=O)Oc1ccc(C(CC(C)OC(=O)OC2CCCCC2)[C@H](N)C(=O)O)cc1OC(=O)OCCCCC. The Morgan fingerprint density at radius 1 is 0.860 bits per heavy atom. The van der Waals surface area contributed by atoms with Gasteiger partial charge in [-0.15, -0.1) is 0 Å². The van der Waals surface area contributed by atoms with E-state index >= 15 is 0 Å². The molecule has 12 heteroatoms. The van der Waals surface area contributed by atoms with Crippen molar-refractivity contribution in [3.63, 3.8) is 0 Å². The number of carboxylic acid groups (broad SMARTS) is 1. The van der Waals surface area contributed by atoms with Crippen LogP contribution in [0.25, 0.3) is 0 Å². The van der Waals surface area contributed by atoms with Crippen molar-refractivity contribution in [3.05, 3.63) is 23.8 Å². The molecule has 12 nitrogen and oxygen atoms in total. The Bertz CT molecular complexity index is 1020. The summed E-state index contributed by atoms with van der Waals surface area (Å²) < 4.78 is 31.7. The molecule has 0 bridgehead atoms. The number of carboxylic acids is 1. The number of unbranched alkanes of at least 4 members (excludes halogenated alkanes) is 4. The molecule has 2 unspecified atom stereocenters. The number of hydrogen-bond donors (Lipinski definition) is 2. The van der Waals surface area contributed by atoms with Crippen LogP contribution in [0.15, 0.2) is 18.2 Å². The van der Waals surface area contributed by atoms with Gasteiger partial charge in [0, 0.05) is 5.92 Å². The number of ether oxygens (including phenoxy) is 6. The summed E-state index contributed by atoms with van der Waals surface area (Å²) in [4.78, 5) is 49.0. The predicted molar refractivity (Wildman–Crippen MR) is 156 cm³/mol. The molecule has 1 aromatic rings. The Labute approximate surface area is 253 Å². The van der Waals surface area contributed by atoms with Gasteiger partial charge in [-0.3, -0.25) is 4.79 Å². The molecule has 0 saturated heterocycles. The first kappa shape index (κ1) is 35.7. The van der Waals surface area contributed by atoms with Crippen LogP contribution in [0, 0.1) is 0 Å². The third kappa shape index (κ3) is 13.5. The molecule has 0 aliphatic heterocycles. The largest absolute Gasteiger partial charge is 0.513 e.